The molecule has 1 N–H and O–H groups in total. The molecule has 0 bridgehead atoms. The zero-order valence-corrected chi connectivity index (χ0v) is 17.8. The van der Waals surface area contributed by atoms with Gasteiger partial charge >= 0.3 is 0 Å². The zero-order chi connectivity index (χ0) is 19.5. The first-order valence-corrected chi connectivity index (χ1v) is 11.3. The van der Waals surface area contributed by atoms with Crippen molar-refractivity contribution in [3.63, 3.8) is 0 Å². The Morgan fingerprint density at radius 3 is 2.75 bits per heavy atom. The molecule has 0 unspecified atom stereocenters. The minimum absolute atomic E-state index is 0.171. The lowest BCUT2D eigenvalue weighted by atomic mass is 9.95. The largest absolute Gasteiger partial charge is 0.354 e. The Kier molecular flexibility index (Phi) is 5.82. The van der Waals surface area contributed by atoms with Crippen LogP contribution in [0.2, 0.25) is 0 Å². The Labute approximate surface area is 173 Å². The molecule has 0 spiro atoms. The molecule has 4 rings (SSSR count). The fourth-order valence-electron chi connectivity index (χ4n) is 3.59. The van der Waals surface area contributed by atoms with Crippen molar-refractivity contribution in [2.75, 3.05) is 19.0 Å². The Morgan fingerprint density at radius 2 is 1.96 bits per heavy atom. The summed E-state index contributed by atoms with van der Waals surface area (Å²) in [6, 6.07) is 10.7. The van der Waals surface area contributed by atoms with Crippen LogP contribution in [-0.4, -0.2) is 36.0 Å². The third kappa shape index (κ3) is 4.15. The van der Waals surface area contributed by atoms with E-state index >= 15 is 0 Å². The molecule has 0 aliphatic heterocycles. The number of rotatable bonds is 5. The molecule has 2 heterocycles. The second-order valence-electron chi connectivity index (χ2n) is 7.09. The first-order valence-electron chi connectivity index (χ1n) is 9.63. The van der Waals surface area contributed by atoms with E-state index in [0.717, 1.165) is 20.4 Å². The number of aromatic nitrogens is 2. The predicted molar refractivity (Wildman–Crippen MR) is 117 cm³/mol. The number of thiazole rings is 1. The maximum absolute atomic E-state index is 11.8. The Bertz CT molecular complexity index is 981. The summed E-state index contributed by atoms with van der Waals surface area (Å²) < 4.78 is 1.20. The van der Waals surface area contributed by atoms with Gasteiger partial charge in [0.25, 0.3) is 5.91 Å². The number of pyridine rings is 1. The molecule has 1 aliphatic rings. The van der Waals surface area contributed by atoms with Crippen molar-refractivity contribution in [3.8, 4) is 0 Å². The molecule has 28 heavy (non-hydrogen) atoms. The molecule has 1 aliphatic carbocycles. The molecule has 2 aromatic heterocycles. The number of carbonyl (C=O) groups is 1. The van der Waals surface area contributed by atoms with Gasteiger partial charge in [-0.1, -0.05) is 42.4 Å². The molecule has 1 fully saturated rings. The Balaban J connectivity index is 1.54. The summed E-state index contributed by atoms with van der Waals surface area (Å²) in [5.74, 6) is -0.171. The van der Waals surface area contributed by atoms with Crippen LogP contribution in [0.1, 0.15) is 42.6 Å². The van der Waals surface area contributed by atoms with Crippen molar-refractivity contribution < 1.29 is 4.79 Å². The van der Waals surface area contributed by atoms with Gasteiger partial charge in [0.05, 0.1) is 10.2 Å². The van der Waals surface area contributed by atoms with E-state index in [9.17, 15) is 4.79 Å². The highest BCUT2D eigenvalue weighted by atomic mass is 32.2. The van der Waals surface area contributed by atoms with Crippen molar-refractivity contribution in [3.05, 3.63) is 42.2 Å². The van der Waals surface area contributed by atoms with Crippen LogP contribution in [0, 0.1) is 0 Å². The number of amides is 1. The summed E-state index contributed by atoms with van der Waals surface area (Å²) in [6.07, 6.45) is 8.22. The Morgan fingerprint density at radius 1 is 1.18 bits per heavy atom. The first kappa shape index (κ1) is 19.2. The number of anilines is 1. The number of hydrogen-bond acceptors (Lipinski definition) is 6. The lowest BCUT2D eigenvalue weighted by Crippen LogP contribution is -2.33. The van der Waals surface area contributed by atoms with Crippen LogP contribution in [0.5, 0.6) is 0 Å². The highest BCUT2D eigenvalue weighted by molar-refractivity contribution is 7.99. The van der Waals surface area contributed by atoms with Crippen LogP contribution in [0.4, 0.5) is 5.13 Å². The minimum atomic E-state index is -0.171. The lowest BCUT2D eigenvalue weighted by Gasteiger charge is -2.30. The van der Waals surface area contributed by atoms with E-state index < -0.39 is 0 Å². The van der Waals surface area contributed by atoms with Gasteiger partial charge in [-0.25, -0.2) is 4.98 Å². The summed E-state index contributed by atoms with van der Waals surface area (Å²) in [7, 11) is 3.80. The van der Waals surface area contributed by atoms with Crippen LogP contribution in [0.3, 0.4) is 0 Å². The smallest absolute Gasteiger partial charge is 0.269 e. The lowest BCUT2D eigenvalue weighted by molar-refractivity contribution is 0.0958. The van der Waals surface area contributed by atoms with Crippen molar-refractivity contribution in [1.29, 1.82) is 0 Å². The fraction of sp³-hybridized carbons (Fsp3) is 0.381. The van der Waals surface area contributed by atoms with Crippen molar-refractivity contribution in [2.45, 2.75) is 47.9 Å². The van der Waals surface area contributed by atoms with Crippen molar-refractivity contribution in [1.82, 2.24) is 15.3 Å². The molecule has 146 valence electrons. The van der Waals surface area contributed by atoms with Gasteiger partial charge in [0.15, 0.2) is 5.13 Å². The summed E-state index contributed by atoms with van der Waals surface area (Å²) in [4.78, 5) is 25.3. The van der Waals surface area contributed by atoms with Crippen molar-refractivity contribution in [2.24, 2.45) is 0 Å². The molecule has 1 amide bonds. The van der Waals surface area contributed by atoms with E-state index in [2.05, 4.69) is 40.4 Å². The van der Waals surface area contributed by atoms with Gasteiger partial charge in [0.2, 0.25) is 0 Å². The van der Waals surface area contributed by atoms with E-state index in [4.69, 9.17) is 4.98 Å². The molecule has 0 atom stereocenters. The van der Waals surface area contributed by atoms with E-state index in [1.54, 1.807) is 36.3 Å². The quantitative estimate of drug-likeness (QED) is 0.641. The molecule has 1 aromatic carbocycles. The van der Waals surface area contributed by atoms with Gasteiger partial charge in [-0.15, -0.1) is 0 Å². The topological polar surface area (TPSA) is 58.1 Å². The maximum Gasteiger partial charge on any atom is 0.269 e. The summed E-state index contributed by atoms with van der Waals surface area (Å²) >= 11 is 3.40. The number of fused-ring (bicyclic) bond motifs is 1. The summed E-state index contributed by atoms with van der Waals surface area (Å²) in [6.45, 7) is 0. The summed E-state index contributed by atoms with van der Waals surface area (Å²) in [5.41, 5.74) is 1.48. The third-order valence-electron chi connectivity index (χ3n) is 5.20. The summed E-state index contributed by atoms with van der Waals surface area (Å²) in [5, 5.41) is 3.72. The first-order chi connectivity index (χ1) is 13.6. The number of benzene rings is 1. The van der Waals surface area contributed by atoms with Gasteiger partial charge in [0.1, 0.15) is 5.69 Å². The minimum Gasteiger partial charge on any atom is -0.354 e. The highest BCUT2D eigenvalue weighted by Crippen LogP contribution is 2.36. The number of hydrogen-bond donors (Lipinski definition) is 1. The average molecular weight is 413 g/mol. The molecular formula is C21H24N4OS2. The van der Waals surface area contributed by atoms with Gasteiger partial charge in [-0.3, -0.25) is 9.78 Å². The molecule has 5 nitrogen and oxygen atoms in total. The van der Waals surface area contributed by atoms with E-state index in [0.29, 0.717) is 11.7 Å². The van der Waals surface area contributed by atoms with Crippen LogP contribution in [0.15, 0.2) is 46.3 Å². The van der Waals surface area contributed by atoms with Gasteiger partial charge in [-0.2, -0.15) is 0 Å². The second-order valence-corrected chi connectivity index (χ2v) is 9.24. The second kappa shape index (κ2) is 8.49. The van der Waals surface area contributed by atoms with Crippen LogP contribution >= 0.6 is 23.1 Å². The van der Waals surface area contributed by atoms with Crippen LogP contribution < -0.4 is 10.2 Å². The standard InChI is InChI=1S/C21H24N4OS2/c1-22-20(26)18-12-16(10-11-23-18)27-15-8-9-17-19(13-15)28-21(24-17)25(2)14-6-4-3-5-7-14/h8-14H,3-7H2,1-2H3,(H,22,26). The van der Waals surface area contributed by atoms with Crippen LogP contribution in [0.25, 0.3) is 10.2 Å². The molecular weight excluding hydrogens is 388 g/mol. The van der Waals surface area contributed by atoms with Crippen molar-refractivity contribution >= 4 is 44.4 Å². The SMILES string of the molecule is CNC(=O)c1cc(Sc2ccc3nc(N(C)C4CCCCC4)sc3c2)ccn1. The molecule has 0 radical (unpaired) electrons. The number of nitrogens with one attached hydrogen (secondary N) is 1. The van der Waals surface area contributed by atoms with E-state index in [-0.39, 0.29) is 5.91 Å². The average Bonchev–Trinajstić information content (AvgIpc) is 3.17. The predicted octanol–water partition coefficient (Wildman–Crippen LogP) is 4.97. The number of nitrogens with zero attached hydrogens (tertiary/aromatic N) is 3. The van der Waals surface area contributed by atoms with Gasteiger partial charge in [0, 0.05) is 36.1 Å². The highest BCUT2D eigenvalue weighted by Gasteiger charge is 2.20. The normalized spacial score (nSPS) is 14.9. The fourth-order valence-corrected chi connectivity index (χ4v) is 5.59. The molecule has 0 saturated heterocycles. The van der Waals surface area contributed by atoms with E-state index in [1.807, 2.05) is 12.1 Å². The number of carbonyl (C=O) groups excluding carboxylic acids is 1. The third-order valence-corrected chi connectivity index (χ3v) is 7.29. The molecule has 3 aromatic rings. The van der Waals surface area contributed by atoms with Crippen LogP contribution in [-0.2, 0) is 0 Å². The monoisotopic (exact) mass is 412 g/mol. The molecule has 7 heteroatoms. The van der Waals surface area contributed by atoms with E-state index in [1.165, 1.54) is 36.8 Å². The Hall–Kier alpha value is -2.12. The maximum atomic E-state index is 11.8. The zero-order valence-electron chi connectivity index (χ0n) is 16.1. The van der Waals surface area contributed by atoms with Gasteiger partial charge in [-0.05, 0) is 43.2 Å². The molecule has 1 saturated carbocycles. The van der Waals surface area contributed by atoms with Gasteiger partial charge < -0.3 is 10.2 Å².